The van der Waals surface area contributed by atoms with Crippen molar-refractivity contribution < 1.29 is 9.84 Å². The van der Waals surface area contributed by atoms with E-state index in [4.69, 9.17) is 4.74 Å². The van der Waals surface area contributed by atoms with E-state index in [0.29, 0.717) is 24.6 Å². The van der Waals surface area contributed by atoms with Gasteiger partial charge in [-0.15, -0.1) is 0 Å². The Morgan fingerprint density at radius 2 is 2.23 bits per heavy atom. The highest BCUT2D eigenvalue weighted by Gasteiger charge is 2.40. The normalized spacial score (nSPS) is 28.0. The topological polar surface area (TPSA) is 37.6 Å². The van der Waals surface area contributed by atoms with Crippen molar-refractivity contribution in [3.05, 3.63) is 35.5 Å². The van der Waals surface area contributed by atoms with Crippen LogP contribution in [0.5, 0.6) is 0 Å². The summed E-state index contributed by atoms with van der Waals surface area (Å²) in [6, 6.07) is 7.16. The van der Waals surface area contributed by atoms with Gasteiger partial charge in [-0.25, -0.2) is 0 Å². The number of nitrogens with zero attached hydrogens (tertiary/aromatic N) is 2. The number of likely N-dealkylation sites (tertiary alicyclic amines) is 1. The number of aromatic nitrogens is 1. The van der Waals surface area contributed by atoms with Gasteiger partial charge in [0.2, 0.25) is 0 Å². The molecule has 1 fully saturated rings. The average Bonchev–Trinajstić information content (AvgIpc) is 2.86. The van der Waals surface area contributed by atoms with Gasteiger partial charge in [-0.1, -0.05) is 12.1 Å². The summed E-state index contributed by atoms with van der Waals surface area (Å²) < 4.78 is 7.67. The molecule has 1 aromatic carbocycles. The molecule has 3 atom stereocenters. The number of methoxy groups -OCH3 is 1. The van der Waals surface area contributed by atoms with Crippen molar-refractivity contribution in [1.29, 1.82) is 0 Å². The molecule has 1 aliphatic carbocycles. The molecule has 0 unspecified atom stereocenters. The van der Waals surface area contributed by atoms with Crippen LogP contribution in [0.15, 0.2) is 24.4 Å². The van der Waals surface area contributed by atoms with Crippen LogP contribution in [0.4, 0.5) is 0 Å². The van der Waals surface area contributed by atoms with E-state index in [1.165, 1.54) is 22.0 Å². The van der Waals surface area contributed by atoms with Crippen LogP contribution in [0.2, 0.25) is 0 Å². The van der Waals surface area contributed by atoms with E-state index in [-0.39, 0.29) is 6.61 Å². The lowest BCUT2D eigenvalue weighted by molar-refractivity contribution is -0.0217. The largest absolute Gasteiger partial charge is 0.396 e. The molecule has 22 heavy (non-hydrogen) atoms. The Balaban J connectivity index is 1.82. The van der Waals surface area contributed by atoms with Gasteiger partial charge in [-0.05, 0) is 36.0 Å². The van der Waals surface area contributed by atoms with Crippen molar-refractivity contribution in [2.45, 2.75) is 24.8 Å². The fourth-order valence-corrected chi connectivity index (χ4v) is 4.62. The smallest absolute Gasteiger partial charge is 0.0989 e. The Kier molecular flexibility index (Phi) is 3.48. The minimum atomic E-state index is 0.265. The van der Waals surface area contributed by atoms with E-state index in [1.54, 1.807) is 7.11 Å². The minimum Gasteiger partial charge on any atom is -0.396 e. The van der Waals surface area contributed by atoms with Crippen LogP contribution >= 0.6 is 0 Å². The summed E-state index contributed by atoms with van der Waals surface area (Å²) in [5.74, 6) is 0.844. The summed E-state index contributed by atoms with van der Waals surface area (Å²) in [5.41, 5.74) is 4.25. The summed E-state index contributed by atoms with van der Waals surface area (Å²) in [4.78, 5) is 2.42. The van der Waals surface area contributed by atoms with Crippen molar-refractivity contribution >= 4 is 10.9 Å². The maximum atomic E-state index is 9.69. The molecule has 1 N–H and O–H groups in total. The van der Waals surface area contributed by atoms with Crippen LogP contribution in [-0.2, 0) is 18.2 Å². The standard InChI is InChI=1S/C18H24N2O2/c1-19-9-13-7-17-15(14-4-3-5-16(19)18(13)14)6-12(10-21)8-20(17)11-22-2/h3-5,9,12,15,17,21H,6-8,10-11H2,1-2H3/t12-,15-,17-/m1/s1. The number of aliphatic hydroxyl groups excluding tert-OH is 1. The van der Waals surface area contributed by atoms with Crippen LogP contribution in [0.1, 0.15) is 23.5 Å². The van der Waals surface area contributed by atoms with Gasteiger partial charge in [0.1, 0.15) is 0 Å². The maximum absolute atomic E-state index is 9.69. The minimum absolute atomic E-state index is 0.265. The van der Waals surface area contributed by atoms with Gasteiger partial charge in [0.05, 0.1) is 6.73 Å². The molecule has 0 saturated carbocycles. The van der Waals surface area contributed by atoms with Crippen LogP contribution < -0.4 is 0 Å². The number of piperidine rings is 1. The van der Waals surface area contributed by atoms with E-state index >= 15 is 0 Å². The van der Waals surface area contributed by atoms with Crippen molar-refractivity contribution in [3.63, 3.8) is 0 Å². The molecular formula is C18H24N2O2. The predicted octanol–water partition coefficient (Wildman–Crippen LogP) is 2.10. The van der Waals surface area contributed by atoms with E-state index in [9.17, 15) is 5.11 Å². The van der Waals surface area contributed by atoms with Crippen LogP contribution in [0.3, 0.4) is 0 Å². The Hall–Kier alpha value is -1.36. The van der Waals surface area contributed by atoms with Gasteiger partial charge < -0.3 is 14.4 Å². The second-order valence-corrected chi connectivity index (χ2v) is 6.86. The molecule has 0 bridgehead atoms. The number of benzene rings is 1. The number of hydrogen-bond donors (Lipinski definition) is 1. The van der Waals surface area contributed by atoms with E-state index in [1.807, 2.05) is 0 Å². The first-order valence-corrected chi connectivity index (χ1v) is 8.13. The number of hydrogen-bond acceptors (Lipinski definition) is 3. The van der Waals surface area contributed by atoms with Crippen LogP contribution in [-0.4, -0.2) is 47.6 Å². The molecule has 4 nitrogen and oxygen atoms in total. The molecule has 2 aromatic rings. The predicted molar refractivity (Wildman–Crippen MR) is 86.9 cm³/mol. The molecule has 0 spiro atoms. The monoisotopic (exact) mass is 300 g/mol. The average molecular weight is 300 g/mol. The van der Waals surface area contributed by atoms with Gasteiger partial charge in [0.25, 0.3) is 0 Å². The molecule has 2 heterocycles. The molecule has 1 saturated heterocycles. The Bertz CT molecular complexity index is 694. The van der Waals surface area contributed by atoms with Gasteiger partial charge >= 0.3 is 0 Å². The summed E-state index contributed by atoms with van der Waals surface area (Å²) in [7, 11) is 3.89. The third-order valence-electron chi connectivity index (χ3n) is 5.52. The number of rotatable bonds is 3. The number of aliphatic hydroxyl groups is 1. The zero-order valence-corrected chi connectivity index (χ0v) is 13.3. The Labute approximate surface area is 131 Å². The fourth-order valence-electron chi connectivity index (χ4n) is 4.62. The van der Waals surface area contributed by atoms with E-state index in [2.05, 4.69) is 40.9 Å². The van der Waals surface area contributed by atoms with Crippen LogP contribution in [0, 0.1) is 5.92 Å². The van der Waals surface area contributed by atoms with Gasteiger partial charge in [-0.3, -0.25) is 4.90 Å². The molecular weight excluding hydrogens is 276 g/mol. The van der Waals surface area contributed by atoms with Gasteiger partial charge in [0, 0.05) is 56.4 Å². The van der Waals surface area contributed by atoms with Gasteiger partial charge in [0.15, 0.2) is 0 Å². The Morgan fingerprint density at radius 3 is 3.00 bits per heavy atom. The molecule has 0 amide bonds. The maximum Gasteiger partial charge on any atom is 0.0989 e. The van der Waals surface area contributed by atoms with Gasteiger partial charge in [-0.2, -0.15) is 0 Å². The SMILES string of the molecule is COCN1C[C@H](CO)C[C@@H]2c3cccc4c3c(cn4C)C[C@H]21. The first kappa shape index (κ1) is 14.2. The number of ether oxygens (including phenoxy) is 1. The molecule has 0 radical (unpaired) electrons. The third kappa shape index (κ3) is 2.02. The lowest BCUT2D eigenvalue weighted by atomic mass is 9.72. The lowest BCUT2D eigenvalue weighted by Gasteiger charge is -2.46. The first-order chi connectivity index (χ1) is 10.7. The molecule has 1 aliphatic heterocycles. The summed E-state index contributed by atoms with van der Waals surface area (Å²) in [6.07, 6.45) is 4.45. The van der Waals surface area contributed by atoms with E-state index in [0.717, 1.165) is 19.4 Å². The van der Waals surface area contributed by atoms with Crippen molar-refractivity contribution in [2.24, 2.45) is 13.0 Å². The van der Waals surface area contributed by atoms with E-state index < -0.39 is 0 Å². The van der Waals surface area contributed by atoms with Crippen molar-refractivity contribution in [1.82, 2.24) is 9.47 Å². The second kappa shape index (κ2) is 5.37. The summed E-state index contributed by atoms with van der Waals surface area (Å²) >= 11 is 0. The molecule has 2 aliphatic rings. The van der Waals surface area contributed by atoms with Crippen molar-refractivity contribution in [2.75, 3.05) is 27.0 Å². The van der Waals surface area contributed by atoms with Crippen molar-refractivity contribution in [3.8, 4) is 0 Å². The highest BCUT2D eigenvalue weighted by atomic mass is 16.5. The summed E-state index contributed by atoms with van der Waals surface area (Å²) in [6.45, 7) is 1.85. The molecule has 4 heteroatoms. The summed E-state index contributed by atoms with van der Waals surface area (Å²) in [5, 5.41) is 11.1. The molecule has 118 valence electrons. The lowest BCUT2D eigenvalue weighted by Crippen LogP contribution is -2.51. The Morgan fingerprint density at radius 1 is 1.36 bits per heavy atom. The van der Waals surface area contributed by atoms with Crippen LogP contribution in [0.25, 0.3) is 10.9 Å². The zero-order chi connectivity index (χ0) is 15.3. The molecule has 1 aromatic heterocycles. The third-order valence-corrected chi connectivity index (χ3v) is 5.52. The highest BCUT2D eigenvalue weighted by molar-refractivity contribution is 5.89. The molecule has 4 rings (SSSR count). The first-order valence-electron chi connectivity index (χ1n) is 8.13. The second-order valence-electron chi connectivity index (χ2n) is 6.86. The number of fused-ring (bicyclic) bond motifs is 2. The highest BCUT2D eigenvalue weighted by Crippen LogP contribution is 2.44. The fraction of sp³-hybridized carbons (Fsp3) is 0.556. The quantitative estimate of drug-likeness (QED) is 0.943. The number of aryl methyl sites for hydroxylation is 1. The zero-order valence-electron chi connectivity index (χ0n) is 13.3.